The van der Waals surface area contributed by atoms with Crippen LogP contribution in [0.5, 0.6) is 5.75 Å². The summed E-state index contributed by atoms with van der Waals surface area (Å²) < 4.78 is 11.5. The summed E-state index contributed by atoms with van der Waals surface area (Å²) in [7, 11) is 3.95. The van der Waals surface area contributed by atoms with Crippen LogP contribution in [0.4, 0.5) is 0 Å². The fourth-order valence-corrected chi connectivity index (χ4v) is 4.32. The first-order chi connectivity index (χ1) is 15.2. The van der Waals surface area contributed by atoms with Crippen LogP contribution in [0.2, 0.25) is 0 Å². The minimum absolute atomic E-state index is 0. The molecule has 0 spiro atoms. The SMILES string of the molecule is CCc1cnc(CNC(=NC)NCc2cccc(OCCN(C)C3CCOCC3)c2)s1.I. The third-order valence-corrected chi connectivity index (χ3v) is 6.61. The number of nitrogens with one attached hydrogen (secondary N) is 2. The second kappa shape index (κ2) is 14.7. The largest absolute Gasteiger partial charge is 0.492 e. The molecule has 7 nitrogen and oxygen atoms in total. The minimum atomic E-state index is 0. The quantitative estimate of drug-likeness (QED) is 0.257. The van der Waals surface area contributed by atoms with Crippen molar-refractivity contribution >= 4 is 41.3 Å². The average molecular weight is 574 g/mol. The van der Waals surface area contributed by atoms with E-state index in [-0.39, 0.29) is 24.0 Å². The smallest absolute Gasteiger partial charge is 0.191 e. The van der Waals surface area contributed by atoms with Crippen LogP contribution < -0.4 is 15.4 Å². The minimum Gasteiger partial charge on any atom is -0.492 e. The van der Waals surface area contributed by atoms with Crippen molar-refractivity contribution in [2.75, 3.05) is 40.5 Å². The van der Waals surface area contributed by atoms with Gasteiger partial charge < -0.3 is 20.1 Å². The lowest BCUT2D eigenvalue weighted by Crippen LogP contribution is -2.38. The van der Waals surface area contributed by atoms with E-state index in [1.165, 1.54) is 4.88 Å². The van der Waals surface area contributed by atoms with Gasteiger partial charge in [-0.05, 0) is 44.0 Å². The van der Waals surface area contributed by atoms with Gasteiger partial charge >= 0.3 is 0 Å². The van der Waals surface area contributed by atoms with E-state index < -0.39 is 0 Å². The third-order valence-electron chi connectivity index (χ3n) is 5.47. The molecule has 1 saturated heterocycles. The summed E-state index contributed by atoms with van der Waals surface area (Å²) in [5.74, 6) is 1.66. The second-order valence-corrected chi connectivity index (χ2v) is 8.87. The van der Waals surface area contributed by atoms with Gasteiger partial charge in [-0.15, -0.1) is 35.3 Å². The van der Waals surface area contributed by atoms with Gasteiger partial charge in [0.2, 0.25) is 0 Å². The van der Waals surface area contributed by atoms with Crippen molar-refractivity contribution in [1.82, 2.24) is 20.5 Å². The van der Waals surface area contributed by atoms with E-state index in [1.807, 2.05) is 18.3 Å². The Balaban J connectivity index is 0.00000363. The van der Waals surface area contributed by atoms with Gasteiger partial charge in [-0.25, -0.2) is 4.98 Å². The van der Waals surface area contributed by atoms with Crippen molar-refractivity contribution in [3.63, 3.8) is 0 Å². The molecule has 178 valence electrons. The molecule has 1 fully saturated rings. The molecule has 1 aliphatic heterocycles. The Morgan fingerprint density at radius 3 is 2.78 bits per heavy atom. The van der Waals surface area contributed by atoms with E-state index in [2.05, 4.69) is 51.6 Å². The molecule has 0 saturated carbocycles. The maximum Gasteiger partial charge on any atom is 0.191 e. The predicted octanol–water partition coefficient (Wildman–Crippen LogP) is 3.68. The first kappa shape index (κ1) is 26.8. The normalized spacial score (nSPS) is 14.8. The zero-order valence-corrected chi connectivity index (χ0v) is 22.4. The molecule has 9 heteroatoms. The summed E-state index contributed by atoms with van der Waals surface area (Å²) in [6.45, 7) is 6.83. The molecule has 0 aliphatic carbocycles. The number of ether oxygens (including phenoxy) is 2. The predicted molar refractivity (Wildman–Crippen MR) is 142 cm³/mol. The van der Waals surface area contributed by atoms with Crippen LogP contribution in [-0.4, -0.2) is 62.3 Å². The summed E-state index contributed by atoms with van der Waals surface area (Å²) in [4.78, 5) is 12.4. The van der Waals surface area contributed by atoms with E-state index in [4.69, 9.17) is 9.47 Å². The number of thiazole rings is 1. The van der Waals surface area contributed by atoms with Crippen LogP contribution in [-0.2, 0) is 24.2 Å². The Labute approximate surface area is 213 Å². The molecule has 0 unspecified atom stereocenters. The molecule has 0 bridgehead atoms. The number of halogens is 1. The van der Waals surface area contributed by atoms with Crippen molar-refractivity contribution in [1.29, 1.82) is 0 Å². The van der Waals surface area contributed by atoms with Gasteiger partial charge in [-0.3, -0.25) is 9.89 Å². The van der Waals surface area contributed by atoms with Gasteiger partial charge in [-0.2, -0.15) is 0 Å². The number of hydrogen-bond donors (Lipinski definition) is 2. The number of rotatable bonds is 10. The van der Waals surface area contributed by atoms with Crippen molar-refractivity contribution < 1.29 is 9.47 Å². The maximum atomic E-state index is 6.01. The van der Waals surface area contributed by atoms with Gasteiger partial charge in [0.15, 0.2) is 5.96 Å². The van der Waals surface area contributed by atoms with E-state index in [0.29, 0.717) is 25.7 Å². The number of aryl methyl sites for hydroxylation is 1. The number of hydrogen-bond acceptors (Lipinski definition) is 6. The first-order valence-electron chi connectivity index (χ1n) is 11.1. The summed E-state index contributed by atoms with van der Waals surface area (Å²) in [6, 6.07) is 8.83. The van der Waals surface area contributed by atoms with Gasteiger partial charge in [-0.1, -0.05) is 19.1 Å². The van der Waals surface area contributed by atoms with Gasteiger partial charge in [0.05, 0.1) is 6.54 Å². The Hall–Kier alpha value is -1.43. The standard InChI is InChI=1S/C23H35N5O2S.HI/c1-4-21-16-25-22(31-21)17-27-23(24-2)26-15-18-6-5-7-20(14-18)30-13-10-28(3)19-8-11-29-12-9-19;/h5-7,14,16,19H,4,8-13,15,17H2,1-3H3,(H2,24,26,27);1H. The number of nitrogens with zero attached hydrogens (tertiary/aromatic N) is 3. The Morgan fingerprint density at radius 2 is 2.06 bits per heavy atom. The van der Waals surface area contributed by atoms with Crippen molar-refractivity contribution in [2.24, 2.45) is 4.99 Å². The number of likely N-dealkylation sites (N-methyl/N-ethyl adjacent to an activating group) is 1. The van der Waals surface area contributed by atoms with Crippen LogP contribution in [0.3, 0.4) is 0 Å². The number of aliphatic imine (C=N–C) groups is 1. The van der Waals surface area contributed by atoms with Gasteiger partial charge in [0.25, 0.3) is 0 Å². The Bertz CT molecular complexity index is 826. The van der Waals surface area contributed by atoms with Crippen LogP contribution in [0, 0.1) is 0 Å². The number of aromatic nitrogens is 1. The van der Waals surface area contributed by atoms with E-state index in [0.717, 1.165) is 61.3 Å². The van der Waals surface area contributed by atoms with Crippen molar-refractivity contribution in [3.8, 4) is 5.75 Å². The average Bonchev–Trinajstić information content (AvgIpc) is 3.28. The van der Waals surface area contributed by atoms with Crippen molar-refractivity contribution in [2.45, 2.75) is 45.3 Å². The lowest BCUT2D eigenvalue weighted by atomic mass is 10.1. The number of guanidine groups is 1. The molecule has 32 heavy (non-hydrogen) atoms. The third kappa shape index (κ3) is 8.84. The highest BCUT2D eigenvalue weighted by molar-refractivity contribution is 14.0. The van der Waals surface area contributed by atoms with Crippen LogP contribution in [0.25, 0.3) is 0 Å². The molecular weight excluding hydrogens is 537 g/mol. The maximum absolute atomic E-state index is 6.01. The van der Waals surface area contributed by atoms with Crippen LogP contribution in [0.15, 0.2) is 35.5 Å². The molecule has 0 radical (unpaired) electrons. The molecular formula is C23H36IN5O2S. The summed E-state index contributed by atoms with van der Waals surface area (Å²) in [5.41, 5.74) is 1.15. The second-order valence-electron chi connectivity index (χ2n) is 7.67. The first-order valence-corrected chi connectivity index (χ1v) is 11.9. The van der Waals surface area contributed by atoms with Gasteiger partial charge in [0, 0.05) is 50.5 Å². The molecule has 0 atom stereocenters. The molecule has 1 aromatic carbocycles. The number of benzene rings is 1. The summed E-state index contributed by atoms with van der Waals surface area (Å²) in [5, 5.41) is 7.76. The highest BCUT2D eigenvalue weighted by atomic mass is 127. The topological polar surface area (TPSA) is 71.0 Å². The van der Waals surface area contributed by atoms with E-state index >= 15 is 0 Å². The van der Waals surface area contributed by atoms with E-state index in [9.17, 15) is 0 Å². The summed E-state index contributed by atoms with van der Waals surface area (Å²) >= 11 is 1.74. The fourth-order valence-electron chi connectivity index (χ4n) is 3.52. The highest BCUT2D eigenvalue weighted by Crippen LogP contribution is 2.15. The summed E-state index contributed by atoms with van der Waals surface area (Å²) in [6.07, 6.45) is 5.18. The molecule has 2 aromatic rings. The van der Waals surface area contributed by atoms with E-state index in [1.54, 1.807) is 18.4 Å². The lowest BCUT2D eigenvalue weighted by Gasteiger charge is -2.31. The monoisotopic (exact) mass is 573 g/mol. The lowest BCUT2D eigenvalue weighted by molar-refractivity contribution is 0.0392. The van der Waals surface area contributed by atoms with Crippen LogP contribution in [0.1, 0.15) is 35.2 Å². The van der Waals surface area contributed by atoms with Gasteiger partial charge in [0.1, 0.15) is 17.4 Å². The zero-order chi connectivity index (χ0) is 21.9. The molecule has 1 aromatic heterocycles. The molecule has 1 aliphatic rings. The fraction of sp³-hybridized carbons (Fsp3) is 0.565. The molecule has 2 N–H and O–H groups in total. The molecule has 3 rings (SSSR count). The molecule has 0 amide bonds. The van der Waals surface area contributed by atoms with Crippen LogP contribution >= 0.6 is 35.3 Å². The zero-order valence-electron chi connectivity index (χ0n) is 19.3. The highest BCUT2D eigenvalue weighted by Gasteiger charge is 2.18. The van der Waals surface area contributed by atoms with Crippen molar-refractivity contribution in [3.05, 3.63) is 45.9 Å². The Morgan fingerprint density at radius 1 is 1.28 bits per heavy atom. The molecule has 2 heterocycles. The Kier molecular flexibility index (Phi) is 12.3.